The van der Waals surface area contributed by atoms with Gasteiger partial charge in [0.25, 0.3) is 0 Å². The van der Waals surface area contributed by atoms with Gasteiger partial charge in [-0.25, -0.2) is 9.59 Å². The number of ether oxygens (including phenoxy) is 2. The van der Waals surface area contributed by atoms with Crippen LogP contribution in [0.5, 0.6) is 0 Å². The van der Waals surface area contributed by atoms with E-state index in [1.165, 1.54) is 0 Å². The van der Waals surface area contributed by atoms with E-state index in [0.29, 0.717) is 11.1 Å². The molecule has 4 aromatic carbocycles. The van der Waals surface area contributed by atoms with Gasteiger partial charge in [-0.2, -0.15) is 0 Å². The first-order valence-electron chi connectivity index (χ1n) is 13.8. The molecule has 210 valence electrons. The van der Waals surface area contributed by atoms with Crippen molar-refractivity contribution in [3.05, 3.63) is 132 Å². The summed E-state index contributed by atoms with van der Waals surface area (Å²) in [5.74, 6) is -0.947. The molecule has 2 saturated heterocycles. The van der Waals surface area contributed by atoms with Crippen LogP contribution < -0.4 is 10.9 Å². The maximum Gasteiger partial charge on any atom is 0.494 e. The topological polar surface area (TPSA) is 89.5 Å². The van der Waals surface area contributed by atoms with Crippen LogP contribution in [0.2, 0.25) is 0 Å². The predicted molar refractivity (Wildman–Crippen MR) is 157 cm³/mol. The minimum atomic E-state index is -0.791. The normalized spacial score (nSPS) is 21.7. The zero-order valence-corrected chi connectivity index (χ0v) is 22.7. The largest absolute Gasteiger partial charge is 0.494 e. The highest BCUT2D eigenvalue weighted by molar-refractivity contribution is 6.62. The molecule has 0 aromatic heterocycles. The van der Waals surface area contributed by atoms with E-state index >= 15 is 0 Å². The lowest BCUT2D eigenvalue weighted by atomic mass is 9.72. The molecule has 0 spiro atoms. The molecule has 2 heterocycles. The van der Waals surface area contributed by atoms with Crippen LogP contribution in [-0.4, -0.2) is 63.8 Å². The molecule has 0 unspecified atom stereocenters. The number of hydrogen-bond acceptors (Lipinski definition) is 8. The molecular formula is C32H28B2O8. The van der Waals surface area contributed by atoms with Gasteiger partial charge in [0, 0.05) is 0 Å². The van der Waals surface area contributed by atoms with E-state index in [2.05, 4.69) is 0 Å². The number of benzene rings is 4. The molecule has 0 saturated carbocycles. The summed E-state index contributed by atoms with van der Waals surface area (Å²) < 4.78 is 37.0. The summed E-state index contributed by atoms with van der Waals surface area (Å²) in [5, 5.41) is 0. The third kappa shape index (κ3) is 6.48. The van der Waals surface area contributed by atoms with Crippen molar-refractivity contribution in [1.82, 2.24) is 0 Å². The lowest BCUT2D eigenvalue weighted by Crippen LogP contribution is -2.68. The van der Waals surface area contributed by atoms with Gasteiger partial charge < -0.3 is 28.1 Å². The van der Waals surface area contributed by atoms with Crippen LogP contribution in [0.3, 0.4) is 0 Å². The molecule has 2 aliphatic rings. The number of carbonyl (C=O) groups is 2. The lowest BCUT2D eigenvalue weighted by molar-refractivity contribution is -0.167. The van der Waals surface area contributed by atoms with Gasteiger partial charge in [0.15, 0.2) is 0 Å². The van der Waals surface area contributed by atoms with Gasteiger partial charge in [-0.15, -0.1) is 0 Å². The fourth-order valence-corrected chi connectivity index (χ4v) is 5.01. The average molecular weight is 562 g/mol. The molecule has 2 fully saturated rings. The number of esters is 2. The minimum Gasteiger partial charge on any atom is -0.459 e. The molecule has 4 aromatic rings. The highest BCUT2D eigenvalue weighted by Gasteiger charge is 2.53. The second-order valence-electron chi connectivity index (χ2n) is 9.96. The van der Waals surface area contributed by atoms with E-state index in [9.17, 15) is 9.59 Å². The summed E-state index contributed by atoms with van der Waals surface area (Å²) in [6.45, 7) is -0.167. The summed E-state index contributed by atoms with van der Waals surface area (Å²) in [6, 6.07) is 36.4. The van der Waals surface area contributed by atoms with Crippen molar-refractivity contribution >= 4 is 37.1 Å². The van der Waals surface area contributed by atoms with E-state index < -0.39 is 50.6 Å². The van der Waals surface area contributed by atoms with Gasteiger partial charge in [0.1, 0.15) is 25.4 Å². The summed E-state index contributed by atoms with van der Waals surface area (Å²) in [4.78, 5) is 25.7. The van der Waals surface area contributed by atoms with Crippen molar-refractivity contribution in [1.29, 1.82) is 0 Å². The van der Waals surface area contributed by atoms with Gasteiger partial charge in [0.05, 0.1) is 23.3 Å². The van der Waals surface area contributed by atoms with E-state index in [1.54, 1.807) is 48.5 Å². The fraction of sp³-hybridized carbons (Fsp3) is 0.188. The highest BCUT2D eigenvalue weighted by atomic mass is 16.7. The number of carbonyl (C=O) groups excluding carboxylic acids is 2. The van der Waals surface area contributed by atoms with Crippen LogP contribution in [0.4, 0.5) is 0 Å². The van der Waals surface area contributed by atoms with Gasteiger partial charge in [-0.1, -0.05) is 97.1 Å². The fourth-order valence-electron chi connectivity index (χ4n) is 5.01. The molecule has 0 radical (unpaired) electrons. The van der Waals surface area contributed by atoms with Crippen molar-refractivity contribution in [3.8, 4) is 0 Å². The second-order valence-corrected chi connectivity index (χ2v) is 9.96. The van der Waals surface area contributed by atoms with Crippen LogP contribution >= 0.6 is 0 Å². The quantitative estimate of drug-likeness (QED) is 0.239. The molecular weight excluding hydrogens is 534 g/mol. The highest BCUT2D eigenvalue weighted by Crippen LogP contribution is 2.30. The molecule has 4 atom stereocenters. The van der Waals surface area contributed by atoms with Crippen molar-refractivity contribution in [3.63, 3.8) is 0 Å². The van der Waals surface area contributed by atoms with Crippen molar-refractivity contribution in [2.45, 2.75) is 24.4 Å². The van der Waals surface area contributed by atoms with Gasteiger partial charge in [0.2, 0.25) is 0 Å². The van der Waals surface area contributed by atoms with Crippen LogP contribution in [0, 0.1) is 0 Å². The smallest absolute Gasteiger partial charge is 0.459 e. The lowest BCUT2D eigenvalue weighted by Gasteiger charge is -2.48. The molecule has 2 aliphatic heterocycles. The van der Waals surface area contributed by atoms with E-state index in [-0.39, 0.29) is 13.2 Å². The molecule has 0 N–H and O–H groups in total. The van der Waals surface area contributed by atoms with Crippen LogP contribution in [0.25, 0.3) is 0 Å². The molecule has 0 bridgehead atoms. The first-order valence-corrected chi connectivity index (χ1v) is 13.8. The Balaban J connectivity index is 1.27. The predicted octanol–water partition coefficient (Wildman–Crippen LogP) is 3.06. The molecule has 10 heteroatoms. The third-order valence-corrected chi connectivity index (χ3v) is 7.13. The maximum atomic E-state index is 12.8. The molecule has 6 rings (SSSR count). The molecule has 8 nitrogen and oxygen atoms in total. The Morgan fingerprint density at radius 3 is 1.19 bits per heavy atom. The Bertz CT molecular complexity index is 1350. The van der Waals surface area contributed by atoms with Crippen LogP contribution in [0.1, 0.15) is 20.7 Å². The SMILES string of the molecule is O=C(OC[C@@H]1OB(c2ccccc2)O[C@@H]2[C@H]1OB(c1ccccc1)O[C@H]2COC(=O)c1ccccc1)c1ccccc1. The zero-order chi connectivity index (χ0) is 28.7. The Kier molecular flexibility index (Phi) is 8.77. The van der Waals surface area contributed by atoms with Crippen molar-refractivity contribution in [2.24, 2.45) is 0 Å². The Labute approximate surface area is 244 Å². The Morgan fingerprint density at radius 2 is 0.833 bits per heavy atom. The van der Waals surface area contributed by atoms with Crippen molar-refractivity contribution < 1.29 is 37.7 Å². The van der Waals surface area contributed by atoms with E-state index in [1.807, 2.05) is 72.8 Å². The second kappa shape index (κ2) is 13.2. The Hall–Kier alpha value is -4.21. The molecule has 0 aliphatic carbocycles. The summed E-state index contributed by atoms with van der Waals surface area (Å²) in [5.41, 5.74) is 2.42. The third-order valence-electron chi connectivity index (χ3n) is 7.13. The maximum absolute atomic E-state index is 12.8. The van der Waals surface area contributed by atoms with Crippen LogP contribution in [0.15, 0.2) is 121 Å². The number of rotatable bonds is 8. The van der Waals surface area contributed by atoms with Gasteiger partial charge in [-0.05, 0) is 35.2 Å². The molecule has 42 heavy (non-hydrogen) atoms. The summed E-state index contributed by atoms with van der Waals surface area (Å²) >= 11 is 0. The Morgan fingerprint density at radius 1 is 0.500 bits per heavy atom. The summed E-state index contributed by atoms with van der Waals surface area (Å²) in [6.07, 6.45) is -2.81. The first kappa shape index (κ1) is 27.9. The zero-order valence-electron chi connectivity index (χ0n) is 22.7. The van der Waals surface area contributed by atoms with E-state index in [0.717, 1.165) is 10.9 Å². The molecule has 0 amide bonds. The monoisotopic (exact) mass is 562 g/mol. The van der Waals surface area contributed by atoms with E-state index in [4.69, 9.17) is 28.1 Å². The minimum absolute atomic E-state index is 0.0837. The summed E-state index contributed by atoms with van der Waals surface area (Å²) in [7, 11) is -1.58. The van der Waals surface area contributed by atoms with Crippen molar-refractivity contribution in [2.75, 3.05) is 13.2 Å². The van der Waals surface area contributed by atoms with Gasteiger partial charge in [-0.3, -0.25) is 0 Å². The van der Waals surface area contributed by atoms with Crippen LogP contribution in [-0.2, 0) is 28.1 Å². The average Bonchev–Trinajstić information content (AvgIpc) is 3.07. The van der Waals surface area contributed by atoms with Gasteiger partial charge >= 0.3 is 26.2 Å². The number of fused-ring (bicyclic) bond motifs is 1. The first-order chi connectivity index (χ1) is 20.7. The standard InChI is InChI=1S/C32H28B2O8/c35-31(23-13-5-1-6-14-23)37-21-27-29-30(42-33(39-27)25-17-9-3-10-18-25)28(22-38-32(36)24-15-7-2-8-16-24)40-34(41-29)26-19-11-4-12-20-26/h1-20,27-30H,21-22H2/t27-,28-,29-,30-/m0/s1. The number of hydrogen-bond donors (Lipinski definition) is 0.